The lowest BCUT2D eigenvalue weighted by molar-refractivity contribution is 0.329. The second kappa shape index (κ2) is 2.85. The van der Waals surface area contributed by atoms with E-state index in [1.54, 1.807) is 0 Å². The smallest absolute Gasteiger partial charge is 0.114 e. The highest BCUT2D eigenvalue weighted by molar-refractivity contribution is 5.31. The summed E-state index contributed by atoms with van der Waals surface area (Å²) in [5.74, 6) is 0.599. The van der Waals surface area contributed by atoms with E-state index in [0.717, 1.165) is 6.61 Å². The second-order valence-corrected chi connectivity index (χ2v) is 4.30. The first kappa shape index (κ1) is 8.76. The predicted octanol–water partition coefficient (Wildman–Crippen LogP) is 3.06. The fourth-order valence-electron chi connectivity index (χ4n) is 1.50. The van der Waals surface area contributed by atoms with E-state index < -0.39 is 0 Å². The molecule has 0 amide bonds. The van der Waals surface area contributed by atoms with Crippen LogP contribution < -0.4 is 0 Å². The zero-order chi connectivity index (χ0) is 9.47. The minimum absolute atomic E-state index is 0.0188. The first-order valence-electron chi connectivity index (χ1n) is 4.86. The molecule has 0 radical (unpaired) electrons. The third kappa shape index (κ3) is 1.61. The van der Waals surface area contributed by atoms with E-state index in [1.807, 2.05) is 0 Å². The van der Waals surface area contributed by atoms with Gasteiger partial charge in [-0.2, -0.15) is 0 Å². The molecular weight excluding hydrogens is 160 g/mol. The van der Waals surface area contributed by atoms with Crippen LogP contribution in [0.2, 0.25) is 0 Å². The normalized spacial score (nSPS) is 26.5. The maximum Gasteiger partial charge on any atom is 0.114 e. The summed E-state index contributed by atoms with van der Waals surface area (Å²) >= 11 is 0. The van der Waals surface area contributed by atoms with Gasteiger partial charge in [0.25, 0.3) is 0 Å². The third-order valence-electron chi connectivity index (χ3n) is 2.74. The molecule has 0 spiro atoms. The maximum absolute atomic E-state index is 5.42. The van der Waals surface area contributed by atoms with Crippen LogP contribution in [0.3, 0.4) is 0 Å². The molecule has 1 aliphatic heterocycles. The maximum atomic E-state index is 5.42. The van der Waals surface area contributed by atoms with Crippen molar-refractivity contribution in [1.29, 1.82) is 0 Å². The molecule has 1 saturated heterocycles. The number of epoxide rings is 1. The molecule has 1 atom stereocenters. The van der Waals surface area contributed by atoms with Crippen LogP contribution in [0.4, 0.5) is 0 Å². The summed E-state index contributed by atoms with van der Waals surface area (Å²) < 4.78 is 5.42. The van der Waals surface area contributed by atoms with Gasteiger partial charge in [-0.05, 0) is 24.0 Å². The van der Waals surface area contributed by atoms with E-state index in [-0.39, 0.29) is 5.60 Å². The number of hydrogen-bond acceptors (Lipinski definition) is 1. The molecule has 1 aliphatic rings. The molecule has 0 bridgehead atoms. The van der Waals surface area contributed by atoms with Gasteiger partial charge < -0.3 is 4.74 Å². The standard InChI is InChI=1S/C12H16O/c1-9(2)10-5-4-6-11(7-10)12(3)8-13-12/h4-7,9H,8H2,1-3H3. The Morgan fingerprint density at radius 2 is 2.08 bits per heavy atom. The van der Waals surface area contributed by atoms with Crippen LogP contribution in [0.1, 0.15) is 37.8 Å². The summed E-state index contributed by atoms with van der Waals surface area (Å²) in [6.45, 7) is 7.45. The molecule has 1 nitrogen and oxygen atoms in total. The van der Waals surface area contributed by atoms with Crippen molar-refractivity contribution in [3.8, 4) is 0 Å². The minimum atomic E-state index is 0.0188. The molecule has 13 heavy (non-hydrogen) atoms. The van der Waals surface area contributed by atoms with E-state index in [2.05, 4.69) is 45.0 Å². The Bertz CT molecular complexity index is 311. The summed E-state index contributed by atoms with van der Waals surface area (Å²) in [4.78, 5) is 0. The molecule has 1 heterocycles. The fraction of sp³-hybridized carbons (Fsp3) is 0.500. The van der Waals surface area contributed by atoms with Crippen LogP contribution >= 0.6 is 0 Å². The van der Waals surface area contributed by atoms with Crippen molar-refractivity contribution in [3.05, 3.63) is 35.4 Å². The van der Waals surface area contributed by atoms with Gasteiger partial charge in [0.15, 0.2) is 0 Å². The molecule has 1 aromatic rings. The van der Waals surface area contributed by atoms with Gasteiger partial charge in [0.05, 0.1) is 6.61 Å². The minimum Gasteiger partial charge on any atom is -0.365 e. The lowest BCUT2D eigenvalue weighted by Gasteiger charge is -2.10. The van der Waals surface area contributed by atoms with Crippen molar-refractivity contribution in [3.63, 3.8) is 0 Å². The lowest BCUT2D eigenvalue weighted by Crippen LogP contribution is -2.02. The van der Waals surface area contributed by atoms with Gasteiger partial charge in [-0.25, -0.2) is 0 Å². The summed E-state index contributed by atoms with van der Waals surface area (Å²) in [6.07, 6.45) is 0. The van der Waals surface area contributed by atoms with Crippen LogP contribution in [0.25, 0.3) is 0 Å². The van der Waals surface area contributed by atoms with E-state index in [9.17, 15) is 0 Å². The average molecular weight is 176 g/mol. The van der Waals surface area contributed by atoms with Crippen LogP contribution in [-0.2, 0) is 10.3 Å². The van der Waals surface area contributed by atoms with E-state index in [4.69, 9.17) is 4.74 Å². The lowest BCUT2D eigenvalue weighted by atomic mass is 9.95. The predicted molar refractivity (Wildman–Crippen MR) is 53.8 cm³/mol. The molecule has 1 unspecified atom stereocenters. The number of ether oxygens (including phenoxy) is 1. The number of benzene rings is 1. The number of hydrogen-bond donors (Lipinski definition) is 0. The van der Waals surface area contributed by atoms with Crippen LogP contribution in [-0.4, -0.2) is 6.61 Å². The van der Waals surface area contributed by atoms with Crippen molar-refractivity contribution in [2.75, 3.05) is 6.61 Å². The highest BCUT2D eigenvalue weighted by Crippen LogP contribution is 2.38. The van der Waals surface area contributed by atoms with Crippen molar-refractivity contribution in [1.82, 2.24) is 0 Å². The molecule has 0 aromatic heterocycles. The molecule has 0 saturated carbocycles. The van der Waals surface area contributed by atoms with Gasteiger partial charge >= 0.3 is 0 Å². The van der Waals surface area contributed by atoms with Gasteiger partial charge in [-0.1, -0.05) is 38.1 Å². The first-order chi connectivity index (χ1) is 6.12. The van der Waals surface area contributed by atoms with Crippen LogP contribution in [0, 0.1) is 0 Å². The molecule has 1 fully saturated rings. The summed E-state index contributed by atoms with van der Waals surface area (Å²) in [6, 6.07) is 8.72. The molecular formula is C12H16O. The van der Waals surface area contributed by atoms with Gasteiger partial charge in [0, 0.05) is 0 Å². The Morgan fingerprint density at radius 1 is 1.38 bits per heavy atom. The van der Waals surface area contributed by atoms with Gasteiger partial charge in [0.1, 0.15) is 5.60 Å². The van der Waals surface area contributed by atoms with Crippen molar-refractivity contribution in [2.24, 2.45) is 0 Å². The van der Waals surface area contributed by atoms with Gasteiger partial charge in [0.2, 0.25) is 0 Å². The monoisotopic (exact) mass is 176 g/mol. The second-order valence-electron chi connectivity index (χ2n) is 4.30. The van der Waals surface area contributed by atoms with Gasteiger partial charge in [-0.15, -0.1) is 0 Å². The topological polar surface area (TPSA) is 12.5 Å². The number of rotatable bonds is 2. The Morgan fingerprint density at radius 3 is 2.62 bits per heavy atom. The first-order valence-corrected chi connectivity index (χ1v) is 4.86. The highest BCUT2D eigenvalue weighted by Gasteiger charge is 2.41. The molecule has 70 valence electrons. The van der Waals surface area contributed by atoms with Gasteiger partial charge in [-0.3, -0.25) is 0 Å². The highest BCUT2D eigenvalue weighted by atomic mass is 16.6. The zero-order valence-electron chi connectivity index (χ0n) is 8.50. The Balaban J connectivity index is 2.33. The SMILES string of the molecule is CC(C)c1cccc(C2(C)CO2)c1. The van der Waals surface area contributed by atoms with Crippen molar-refractivity contribution < 1.29 is 4.74 Å². The summed E-state index contributed by atoms with van der Waals surface area (Å²) in [5.41, 5.74) is 2.73. The van der Waals surface area contributed by atoms with E-state index >= 15 is 0 Å². The van der Waals surface area contributed by atoms with Crippen LogP contribution in [0.15, 0.2) is 24.3 Å². The molecule has 2 rings (SSSR count). The quantitative estimate of drug-likeness (QED) is 0.631. The Kier molecular flexibility index (Phi) is 1.92. The summed E-state index contributed by atoms with van der Waals surface area (Å²) in [5, 5.41) is 0. The summed E-state index contributed by atoms with van der Waals surface area (Å²) in [7, 11) is 0. The zero-order valence-corrected chi connectivity index (χ0v) is 8.50. The Hall–Kier alpha value is -0.820. The molecule has 1 heteroatoms. The fourth-order valence-corrected chi connectivity index (χ4v) is 1.50. The van der Waals surface area contributed by atoms with Crippen LogP contribution in [0.5, 0.6) is 0 Å². The molecule has 0 aliphatic carbocycles. The Labute approximate surface area is 79.7 Å². The largest absolute Gasteiger partial charge is 0.365 e. The molecule has 0 N–H and O–H groups in total. The van der Waals surface area contributed by atoms with Crippen molar-refractivity contribution >= 4 is 0 Å². The van der Waals surface area contributed by atoms with E-state index in [0.29, 0.717) is 5.92 Å². The van der Waals surface area contributed by atoms with Crippen molar-refractivity contribution in [2.45, 2.75) is 32.3 Å². The average Bonchev–Trinajstić information content (AvgIpc) is 2.85. The van der Waals surface area contributed by atoms with E-state index in [1.165, 1.54) is 11.1 Å². The third-order valence-corrected chi connectivity index (χ3v) is 2.74. The molecule has 1 aromatic carbocycles.